The zero-order valence-corrected chi connectivity index (χ0v) is 13.3. The smallest absolute Gasteiger partial charge is 0.0406 e. The van der Waals surface area contributed by atoms with Crippen molar-refractivity contribution < 1.29 is 0 Å². The minimum absolute atomic E-state index is 0.697. The van der Waals surface area contributed by atoms with Gasteiger partial charge >= 0.3 is 0 Å². The molecule has 0 spiro atoms. The molecule has 2 nitrogen and oxygen atoms in total. The van der Waals surface area contributed by atoms with Crippen LogP contribution in [0, 0.1) is 11.8 Å². The molecule has 2 fully saturated rings. The van der Waals surface area contributed by atoms with Gasteiger partial charge in [0.25, 0.3) is 0 Å². The monoisotopic (exact) mass is 292 g/mol. The Labute approximate surface area is 127 Å². The Hall–Kier alpha value is -0.570. The maximum atomic E-state index is 5.96. The number of halogens is 1. The molecule has 1 aromatic carbocycles. The van der Waals surface area contributed by atoms with Crippen LogP contribution in [0.2, 0.25) is 5.02 Å². The molecule has 0 amide bonds. The van der Waals surface area contributed by atoms with Gasteiger partial charge in [0.15, 0.2) is 0 Å². The van der Waals surface area contributed by atoms with Gasteiger partial charge in [0, 0.05) is 43.8 Å². The second-order valence-corrected chi connectivity index (χ2v) is 7.27. The minimum atomic E-state index is 0.697. The van der Waals surface area contributed by atoms with Crippen molar-refractivity contribution in [2.75, 3.05) is 26.2 Å². The molecule has 2 aliphatic rings. The molecule has 1 aromatic rings. The first-order chi connectivity index (χ1) is 9.60. The van der Waals surface area contributed by atoms with E-state index in [1.165, 1.54) is 38.2 Å². The first-order valence-electron chi connectivity index (χ1n) is 7.81. The maximum Gasteiger partial charge on any atom is 0.0406 e. The Balaban J connectivity index is 1.60. The highest BCUT2D eigenvalue weighted by Gasteiger charge is 2.34. The van der Waals surface area contributed by atoms with Crippen molar-refractivity contribution in [3.05, 3.63) is 34.9 Å². The summed E-state index contributed by atoms with van der Waals surface area (Å²) in [6.45, 7) is 10.8. The van der Waals surface area contributed by atoms with E-state index < -0.39 is 0 Å². The quantitative estimate of drug-likeness (QED) is 0.841. The van der Waals surface area contributed by atoms with Crippen LogP contribution >= 0.6 is 11.6 Å². The number of piperidine rings is 2. The predicted molar refractivity (Wildman–Crippen MR) is 85.0 cm³/mol. The average Bonchev–Trinajstić information content (AvgIpc) is 2.40. The van der Waals surface area contributed by atoms with Gasteiger partial charge in [0.05, 0.1) is 0 Å². The number of nitrogens with zero attached hydrogens (tertiary/aromatic N) is 2. The Bertz CT molecular complexity index is 429. The molecular weight excluding hydrogens is 268 g/mol. The summed E-state index contributed by atoms with van der Waals surface area (Å²) in [5.41, 5.74) is 1.38. The molecule has 0 aromatic heterocycles. The zero-order chi connectivity index (χ0) is 14.1. The lowest BCUT2D eigenvalue weighted by Crippen LogP contribution is -2.53. The van der Waals surface area contributed by atoms with Crippen LogP contribution in [-0.2, 0) is 6.54 Å². The van der Waals surface area contributed by atoms with E-state index >= 15 is 0 Å². The van der Waals surface area contributed by atoms with Crippen molar-refractivity contribution in [1.29, 1.82) is 0 Å². The van der Waals surface area contributed by atoms with Crippen molar-refractivity contribution in [3.8, 4) is 0 Å². The normalized spacial score (nSPS) is 28.0. The largest absolute Gasteiger partial charge is 0.300 e. The molecule has 0 N–H and O–H groups in total. The number of rotatable bonds is 3. The zero-order valence-electron chi connectivity index (χ0n) is 12.6. The lowest BCUT2D eigenvalue weighted by Gasteiger charge is -2.47. The molecule has 0 aliphatic carbocycles. The van der Waals surface area contributed by atoms with Crippen LogP contribution < -0.4 is 0 Å². The predicted octanol–water partition coefficient (Wildman–Crippen LogP) is 3.50. The van der Waals surface area contributed by atoms with E-state index in [4.69, 9.17) is 11.6 Å². The molecule has 2 saturated heterocycles. The lowest BCUT2D eigenvalue weighted by molar-refractivity contribution is 0.0144. The molecule has 0 radical (unpaired) electrons. The van der Waals surface area contributed by atoms with Crippen LogP contribution in [0.25, 0.3) is 0 Å². The third-order valence-electron chi connectivity index (χ3n) is 4.73. The average molecular weight is 293 g/mol. The molecule has 2 heterocycles. The van der Waals surface area contributed by atoms with Crippen molar-refractivity contribution >= 4 is 11.6 Å². The second kappa shape index (κ2) is 6.05. The first-order valence-corrected chi connectivity index (χ1v) is 8.19. The van der Waals surface area contributed by atoms with Gasteiger partial charge in [-0.25, -0.2) is 0 Å². The number of benzene rings is 1. The summed E-state index contributed by atoms with van der Waals surface area (Å²) < 4.78 is 0. The molecular formula is C17H25ClN2. The topological polar surface area (TPSA) is 6.48 Å². The standard InChI is InChI=1S/C17H25ClN2/c1-13(2)20-11-15-7-16(12-20)10-19(9-15)8-14-3-5-17(18)6-4-14/h3-6,13,15-16H,7-12H2,1-2H3. The SMILES string of the molecule is CC(C)N1CC2CC(CN(Cc3ccc(Cl)cc3)C2)C1. The van der Waals surface area contributed by atoms with Crippen LogP contribution in [-0.4, -0.2) is 42.0 Å². The van der Waals surface area contributed by atoms with E-state index in [9.17, 15) is 0 Å². The van der Waals surface area contributed by atoms with Gasteiger partial charge in [-0.2, -0.15) is 0 Å². The van der Waals surface area contributed by atoms with E-state index in [-0.39, 0.29) is 0 Å². The minimum Gasteiger partial charge on any atom is -0.300 e. The van der Waals surface area contributed by atoms with Crippen LogP contribution in [0.15, 0.2) is 24.3 Å². The number of fused-ring (bicyclic) bond motifs is 2. The van der Waals surface area contributed by atoms with Crippen LogP contribution in [0.1, 0.15) is 25.8 Å². The van der Waals surface area contributed by atoms with Crippen LogP contribution in [0.3, 0.4) is 0 Å². The molecule has 0 saturated carbocycles. The van der Waals surface area contributed by atoms with Crippen molar-refractivity contribution in [2.45, 2.75) is 32.9 Å². The van der Waals surface area contributed by atoms with Gasteiger partial charge in [0.2, 0.25) is 0 Å². The fourth-order valence-electron chi connectivity index (χ4n) is 3.83. The molecule has 2 unspecified atom stereocenters. The summed E-state index contributed by atoms with van der Waals surface area (Å²) in [5.74, 6) is 1.72. The van der Waals surface area contributed by atoms with Gasteiger partial charge in [-0.3, -0.25) is 4.90 Å². The van der Waals surface area contributed by atoms with Crippen molar-refractivity contribution in [3.63, 3.8) is 0 Å². The first kappa shape index (κ1) is 14.4. The van der Waals surface area contributed by atoms with E-state index in [1.54, 1.807) is 0 Å². The highest BCUT2D eigenvalue weighted by molar-refractivity contribution is 6.30. The Morgan fingerprint density at radius 3 is 2.20 bits per heavy atom. The van der Waals surface area contributed by atoms with Gasteiger partial charge in [-0.05, 0) is 49.8 Å². The van der Waals surface area contributed by atoms with Gasteiger partial charge < -0.3 is 4.90 Å². The summed E-state index contributed by atoms with van der Waals surface area (Å²) in [6, 6.07) is 9.02. The van der Waals surface area contributed by atoms with Crippen molar-refractivity contribution in [2.24, 2.45) is 11.8 Å². The summed E-state index contributed by atoms with van der Waals surface area (Å²) in [6.07, 6.45) is 1.43. The summed E-state index contributed by atoms with van der Waals surface area (Å²) >= 11 is 5.96. The van der Waals surface area contributed by atoms with Crippen molar-refractivity contribution in [1.82, 2.24) is 9.80 Å². The van der Waals surface area contributed by atoms with Gasteiger partial charge in [-0.15, -0.1) is 0 Å². The van der Waals surface area contributed by atoms with Crippen LogP contribution in [0.5, 0.6) is 0 Å². The summed E-state index contributed by atoms with van der Waals surface area (Å²) in [4.78, 5) is 5.30. The third kappa shape index (κ3) is 3.36. The fourth-order valence-corrected chi connectivity index (χ4v) is 3.95. The molecule has 3 rings (SSSR count). The number of hydrogen-bond acceptors (Lipinski definition) is 2. The Morgan fingerprint density at radius 1 is 1.05 bits per heavy atom. The van der Waals surface area contributed by atoms with E-state index in [1.807, 2.05) is 12.1 Å². The molecule has 2 atom stereocenters. The van der Waals surface area contributed by atoms with E-state index in [0.717, 1.165) is 23.4 Å². The van der Waals surface area contributed by atoms with E-state index in [0.29, 0.717) is 6.04 Å². The molecule has 2 bridgehead atoms. The second-order valence-electron chi connectivity index (χ2n) is 6.84. The fraction of sp³-hybridized carbons (Fsp3) is 0.647. The van der Waals surface area contributed by atoms with Gasteiger partial charge in [-0.1, -0.05) is 23.7 Å². The van der Waals surface area contributed by atoms with E-state index in [2.05, 4.69) is 35.8 Å². The summed E-state index contributed by atoms with van der Waals surface area (Å²) in [7, 11) is 0. The highest BCUT2D eigenvalue weighted by atomic mass is 35.5. The Kier molecular flexibility index (Phi) is 4.34. The Morgan fingerprint density at radius 2 is 1.65 bits per heavy atom. The number of likely N-dealkylation sites (tertiary alicyclic amines) is 2. The maximum absolute atomic E-state index is 5.96. The highest BCUT2D eigenvalue weighted by Crippen LogP contribution is 2.30. The molecule has 20 heavy (non-hydrogen) atoms. The molecule has 3 heteroatoms. The molecule has 2 aliphatic heterocycles. The molecule has 110 valence electrons. The third-order valence-corrected chi connectivity index (χ3v) is 4.99. The van der Waals surface area contributed by atoms with Crippen LogP contribution in [0.4, 0.5) is 0 Å². The summed E-state index contributed by atoms with van der Waals surface area (Å²) in [5, 5.41) is 0.830. The van der Waals surface area contributed by atoms with Gasteiger partial charge in [0.1, 0.15) is 0 Å². The number of hydrogen-bond donors (Lipinski definition) is 0. The lowest BCUT2D eigenvalue weighted by atomic mass is 9.84.